The summed E-state index contributed by atoms with van der Waals surface area (Å²) in [6.07, 6.45) is 7.64. The lowest BCUT2D eigenvalue weighted by molar-refractivity contribution is 0.0947. The monoisotopic (exact) mass is 245 g/mol. The summed E-state index contributed by atoms with van der Waals surface area (Å²) in [6, 6.07) is 4.97. The van der Waals surface area contributed by atoms with Gasteiger partial charge in [0.2, 0.25) is 0 Å². The van der Waals surface area contributed by atoms with E-state index in [9.17, 15) is 4.79 Å². The number of amides is 1. The van der Waals surface area contributed by atoms with E-state index in [1.807, 2.05) is 0 Å². The summed E-state index contributed by atoms with van der Waals surface area (Å²) in [4.78, 5) is 12.0. The van der Waals surface area contributed by atoms with Gasteiger partial charge < -0.3 is 16.8 Å². The first-order chi connectivity index (χ1) is 8.66. The highest BCUT2D eigenvalue weighted by Crippen LogP contribution is 2.18. The minimum Gasteiger partial charge on any atom is -0.399 e. The predicted molar refractivity (Wildman–Crippen MR) is 74.1 cm³/mol. The van der Waals surface area contributed by atoms with Gasteiger partial charge in [-0.2, -0.15) is 0 Å². The molecule has 1 aliphatic carbocycles. The van der Waals surface area contributed by atoms with E-state index in [0.29, 0.717) is 29.4 Å². The molecule has 96 valence electrons. The van der Waals surface area contributed by atoms with E-state index in [2.05, 4.69) is 17.5 Å². The third kappa shape index (κ3) is 3.03. The molecule has 0 saturated carbocycles. The third-order valence-electron chi connectivity index (χ3n) is 3.25. The summed E-state index contributed by atoms with van der Waals surface area (Å²) in [5.74, 6) is 0.413. The molecule has 0 heterocycles. The summed E-state index contributed by atoms with van der Waals surface area (Å²) in [5, 5.41) is 2.94. The van der Waals surface area contributed by atoms with Crippen LogP contribution in [0.3, 0.4) is 0 Å². The zero-order valence-corrected chi connectivity index (χ0v) is 10.4. The number of nitrogens with two attached hydrogens (primary N) is 2. The predicted octanol–water partition coefficient (Wildman–Crippen LogP) is 1.94. The Kier molecular flexibility index (Phi) is 3.87. The van der Waals surface area contributed by atoms with Gasteiger partial charge in [-0.15, -0.1) is 0 Å². The van der Waals surface area contributed by atoms with Crippen LogP contribution < -0.4 is 16.8 Å². The van der Waals surface area contributed by atoms with Crippen LogP contribution in [0.1, 0.15) is 29.6 Å². The molecular formula is C14H19N3O. The number of carbonyl (C=O) groups is 1. The van der Waals surface area contributed by atoms with Crippen molar-refractivity contribution in [1.29, 1.82) is 0 Å². The first-order valence-corrected chi connectivity index (χ1v) is 6.25. The molecule has 0 spiro atoms. The van der Waals surface area contributed by atoms with Crippen LogP contribution in [-0.2, 0) is 0 Å². The summed E-state index contributed by atoms with van der Waals surface area (Å²) in [5.41, 5.74) is 12.9. The van der Waals surface area contributed by atoms with E-state index < -0.39 is 0 Å². The lowest BCUT2D eigenvalue weighted by Crippen LogP contribution is -2.30. The number of rotatable bonds is 3. The standard InChI is InChI=1S/C14H19N3O/c15-11-6-7-12(13(16)8-11)14(18)17-9-10-4-2-1-3-5-10/h1-2,6-8,10H,3-5,9,15-16H2,(H,17,18). The fourth-order valence-corrected chi connectivity index (χ4v) is 2.16. The average molecular weight is 245 g/mol. The smallest absolute Gasteiger partial charge is 0.253 e. The van der Waals surface area contributed by atoms with Crippen LogP contribution in [0.5, 0.6) is 0 Å². The molecule has 4 heteroatoms. The zero-order chi connectivity index (χ0) is 13.0. The van der Waals surface area contributed by atoms with Crippen molar-refractivity contribution >= 4 is 17.3 Å². The van der Waals surface area contributed by atoms with Gasteiger partial charge in [-0.3, -0.25) is 4.79 Å². The minimum atomic E-state index is -0.123. The molecule has 4 nitrogen and oxygen atoms in total. The zero-order valence-electron chi connectivity index (χ0n) is 10.4. The Balaban J connectivity index is 1.93. The molecule has 0 saturated heterocycles. The second kappa shape index (κ2) is 5.58. The van der Waals surface area contributed by atoms with Crippen LogP contribution >= 0.6 is 0 Å². The molecule has 0 aliphatic heterocycles. The number of carbonyl (C=O) groups excluding carboxylic acids is 1. The van der Waals surface area contributed by atoms with E-state index in [4.69, 9.17) is 11.5 Å². The molecule has 1 aromatic carbocycles. The topological polar surface area (TPSA) is 81.1 Å². The van der Waals surface area contributed by atoms with E-state index >= 15 is 0 Å². The van der Waals surface area contributed by atoms with Gasteiger partial charge in [0.05, 0.1) is 5.56 Å². The van der Waals surface area contributed by atoms with Crippen LogP contribution in [0.15, 0.2) is 30.4 Å². The van der Waals surface area contributed by atoms with Crippen molar-refractivity contribution in [2.75, 3.05) is 18.0 Å². The molecule has 0 bridgehead atoms. The molecule has 1 aromatic rings. The van der Waals surface area contributed by atoms with Crippen molar-refractivity contribution in [1.82, 2.24) is 5.32 Å². The van der Waals surface area contributed by atoms with Gasteiger partial charge >= 0.3 is 0 Å². The van der Waals surface area contributed by atoms with Crippen molar-refractivity contribution in [3.63, 3.8) is 0 Å². The minimum absolute atomic E-state index is 0.123. The molecule has 18 heavy (non-hydrogen) atoms. The molecular weight excluding hydrogens is 226 g/mol. The molecule has 0 radical (unpaired) electrons. The normalized spacial score (nSPS) is 18.6. The summed E-state index contributed by atoms with van der Waals surface area (Å²) < 4.78 is 0. The maximum absolute atomic E-state index is 12.0. The van der Waals surface area contributed by atoms with E-state index in [-0.39, 0.29) is 5.91 Å². The molecule has 1 atom stereocenters. The largest absolute Gasteiger partial charge is 0.399 e. The highest BCUT2D eigenvalue weighted by atomic mass is 16.1. The van der Waals surface area contributed by atoms with Gasteiger partial charge in [-0.25, -0.2) is 0 Å². The lowest BCUT2D eigenvalue weighted by Gasteiger charge is -2.18. The van der Waals surface area contributed by atoms with Crippen molar-refractivity contribution in [3.05, 3.63) is 35.9 Å². The molecule has 5 N–H and O–H groups in total. The molecule has 0 fully saturated rings. The fourth-order valence-electron chi connectivity index (χ4n) is 2.16. The number of anilines is 2. The number of hydrogen-bond donors (Lipinski definition) is 3. The Labute approximate surface area is 107 Å². The van der Waals surface area contributed by atoms with Gasteiger partial charge in [0.1, 0.15) is 0 Å². The Hall–Kier alpha value is -1.97. The van der Waals surface area contributed by atoms with Crippen LogP contribution in [-0.4, -0.2) is 12.5 Å². The number of nitrogen functional groups attached to an aromatic ring is 2. The maximum Gasteiger partial charge on any atom is 0.253 e. The molecule has 1 unspecified atom stereocenters. The van der Waals surface area contributed by atoms with Crippen LogP contribution in [0.25, 0.3) is 0 Å². The summed E-state index contributed by atoms with van der Waals surface area (Å²) in [6.45, 7) is 0.701. The van der Waals surface area contributed by atoms with Gasteiger partial charge in [0.25, 0.3) is 5.91 Å². The fraction of sp³-hybridized carbons (Fsp3) is 0.357. The van der Waals surface area contributed by atoms with E-state index in [0.717, 1.165) is 19.3 Å². The number of benzene rings is 1. The van der Waals surface area contributed by atoms with Crippen molar-refractivity contribution in [2.45, 2.75) is 19.3 Å². The number of nitrogens with one attached hydrogen (secondary N) is 1. The third-order valence-corrected chi connectivity index (χ3v) is 3.25. The first-order valence-electron chi connectivity index (χ1n) is 6.25. The van der Waals surface area contributed by atoms with Crippen LogP contribution in [0, 0.1) is 5.92 Å². The second-order valence-corrected chi connectivity index (χ2v) is 4.71. The van der Waals surface area contributed by atoms with Crippen LogP contribution in [0.4, 0.5) is 11.4 Å². The Morgan fingerprint density at radius 3 is 2.83 bits per heavy atom. The quantitative estimate of drug-likeness (QED) is 0.562. The number of hydrogen-bond acceptors (Lipinski definition) is 3. The van der Waals surface area contributed by atoms with Gasteiger partial charge in [0, 0.05) is 17.9 Å². The lowest BCUT2D eigenvalue weighted by atomic mass is 9.94. The summed E-state index contributed by atoms with van der Waals surface area (Å²) in [7, 11) is 0. The molecule has 2 rings (SSSR count). The number of allylic oxidation sites excluding steroid dienone is 2. The SMILES string of the molecule is Nc1ccc(C(=O)NCC2CC=CCC2)c(N)c1. The highest BCUT2D eigenvalue weighted by Gasteiger charge is 2.13. The second-order valence-electron chi connectivity index (χ2n) is 4.71. The Bertz CT molecular complexity index is 468. The summed E-state index contributed by atoms with van der Waals surface area (Å²) >= 11 is 0. The van der Waals surface area contributed by atoms with Gasteiger partial charge in [-0.05, 0) is 43.4 Å². The first kappa shape index (κ1) is 12.5. The van der Waals surface area contributed by atoms with Gasteiger partial charge in [-0.1, -0.05) is 12.2 Å². The van der Waals surface area contributed by atoms with Crippen molar-refractivity contribution in [2.24, 2.45) is 5.92 Å². The van der Waals surface area contributed by atoms with Gasteiger partial charge in [0.15, 0.2) is 0 Å². The molecule has 1 aliphatic rings. The van der Waals surface area contributed by atoms with Crippen LogP contribution in [0.2, 0.25) is 0 Å². The Morgan fingerprint density at radius 1 is 1.33 bits per heavy atom. The highest BCUT2D eigenvalue weighted by molar-refractivity contribution is 5.99. The average Bonchev–Trinajstić information content (AvgIpc) is 2.37. The maximum atomic E-state index is 12.0. The Morgan fingerprint density at radius 2 is 2.17 bits per heavy atom. The van der Waals surface area contributed by atoms with Crippen molar-refractivity contribution < 1.29 is 4.79 Å². The molecule has 1 amide bonds. The van der Waals surface area contributed by atoms with E-state index in [1.54, 1.807) is 18.2 Å². The molecule has 0 aromatic heterocycles. The van der Waals surface area contributed by atoms with E-state index in [1.165, 1.54) is 0 Å². The van der Waals surface area contributed by atoms with Crippen molar-refractivity contribution in [3.8, 4) is 0 Å².